The molecule has 16 heavy (non-hydrogen) atoms. The summed E-state index contributed by atoms with van der Waals surface area (Å²) in [5.41, 5.74) is -0.431. The minimum Gasteiger partial charge on any atom is -0.468 e. The molecular formula is C12H12O3S. The fraction of sp³-hybridized carbons (Fsp3) is 0.333. The van der Waals surface area contributed by atoms with E-state index in [1.54, 1.807) is 19.1 Å². The highest BCUT2D eigenvalue weighted by atomic mass is 32.2. The molecule has 1 heterocycles. The van der Waals surface area contributed by atoms with Crippen molar-refractivity contribution in [2.45, 2.75) is 11.8 Å². The number of Topliss-reactive ketones (excluding diaryl/α,β-unsaturated/α-hetero) is 1. The summed E-state index contributed by atoms with van der Waals surface area (Å²) in [5.74, 6) is -0.164. The lowest BCUT2D eigenvalue weighted by Gasteiger charge is -2.29. The summed E-state index contributed by atoms with van der Waals surface area (Å²) >= 11 is 1.52. The number of carbonyl (C=O) groups is 2. The third kappa shape index (κ3) is 1.53. The maximum Gasteiger partial charge on any atom is 0.320 e. The topological polar surface area (TPSA) is 43.4 Å². The van der Waals surface area contributed by atoms with Crippen LogP contribution in [0.4, 0.5) is 0 Å². The zero-order chi connectivity index (χ0) is 11.8. The summed E-state index contributed by atoms with van der Waals surface area (Å²) in [6, 6.07) is 7.35. The Morgan fingerprint density at radius 3 is 2.81 bits per heavy atom. The van der Waals surface area contributed by atoms with E-state index in [0.29, 0.717) is 11.3 Å². The van der Waals surface area contributed by atoms with Crippen LogP contribution in [-0.4, -0.2) is 24.6 Å². The molecule has 3 nitrogen and oxygen atoms in total. The van der Waals surface area contributed by atoms with Crippen LogP contribution in [0.3, 0.4) is 0 Å². The van der Waals surface area contributed by atoms with Crippen LogP contribution in [0.5, 0.6) is 0 Å². The number of benzene rings is 1. The van der Waals surface area contributed by atoms with E-state index in [4.69, 9.17) is 4.74 Å². The first-order chi connectivity index (χ1) is 7.59. The smallest absolute Gasteiger partial charge is 0.320 e. The van der Waals surface area contributed by atoms with Crippen LogP contribution in [-0.2, 0) is 9.53 Å². The van der Waals surface area contributed by atoms with Crippen LogP contribution in [0, 0.1) is 5.41 Å². The number of methoxy groups -OCH3 is 1. The molecule has 0 aromatic heterocycles. The SMILES string of the molecule is COC(=O)C1(C)CSc2ccccc2C1=O. The highest BCUT2D eigenvalue weighted by Gasteiger charge is 2.46. The van der Waals surface area contributed by atoms with E-state index >= 15 is 0 Å². The number of hydrogen-bond acceptors (Lipinski definition) is 4. The van der Waals surface area contributed by atoms with Crippen molar-refractivity contribution in [2.24, 2.45) is 5.41 Å². The molecule has 1 atom stereocenters. The van der Waals surface area contributed by atoms with Crippen molar-refractivity contribution in [3.63, 3.8) is 0 Å². The van der Waals surface area contributed by atoms with Crippen molar-refractivity contribution in [1.29, 1.82) is 0 Å². The van der Waals surface area contributed by atoms with Gasteiger partial charge in [0.2, 0.25) is 0 Å². The van der Waals surface area contributed by atoms with Gasteiger partial charge in [0.15, 0.2) is 5.78 Å². The van der Waals surface area contributed by atoms with E-state index in [0.717, 1.165) is 4.90 Å². The lowest BCUT2D eigenvalue weighted by Crippen LogP contribution is -2.42. The molecule has 0 bridgehead atoms. The Balaban J connectivity index is 2.45. The molecule has 1 aliphatic rings. The summed E-state index contributed by atoms with van der Waals surface area (Å²) in [4.78, 5) is 24.8. The van der Waals surface area contributed by atoms with Gasteiger partial charge >= 0.3 is 5.97 Å². The first kappa shape index (κ1) is 11.2. The van der Waals surface area contributed by atoms with Crippen LogP contribution < -0.4 is 0 Å². The average Bonchev–Trinajstić information content (AvgIpc) is 2.33. The number of thioether (sulfide) groups is 1. The molecule has 0 N–H and O–H groups in total. The summed E-state index contributed by atoms with van der Waals surface area (Å²) in [5, 5.41) is 0. The van der Waals surface area contributed by atoms with E-state index in [2.05, 4.69) is 0 Å². The second-order valence-corrected chi connectivity index (χ2v) is 4.95. The molecule has 0 spiro atoms. The van der Waals surface area contributed by atoms with Gasteiger partial charge in [-0.25, -0.2) is 0 Å². The normalized spacial score (nSPS) is 23.8. The molecule has 4 heteroatoms. The Morgan fingerprint density at radius 2 is 2.12 bits per heavy atom. The van der Waals surface area contributed by atoms with Gasteiger partial charge in [-0.15, -0.1) is 11.8 Å². The van der Waals surface area contributed by atoms with E-state index in [1.165, 1.54) is 18.9 Å². The molecule has 0 aliphatic carbocycles. The summed E-state index contributed by atoms with van der Waals surface area (Å²) in [7, 11) is 1.31. The molecule has 0 amide bonds. The Hall–Kier alpha value is -1.29. The number of esters is 1. The summed E-state index contributed by atoms with van der Waals surface area (Å²) in [6.45, 7) is 1.64. The first-order valence-corrected chi connectivity index (χ1v) is 5.93. The fourth-order valence-electron chi connectivity index (χ4n) is 1.74. The lowest BCUT2D eigenvalue weighted by atomic mass is 9.83. The van der Waals surface area contributed by atoms with Gasteiger partial charge in [0.05, 0.1) is 7.11 Å². The van der Waals surface area contributed by atoms with Crippen LogP contribution in [0.25, 0.3) is 0 Å². The predicted octanol–water partition coefficient (Wildman–Crippen LogP) is 2.15. The highest BCUT2D eigenvalue weighted by molar-refractivity contribution is 7.99. The van der Waals surface area contributed by atoms with Crippen molar-refractivity contribution in [3.05, 3.63) is 29.8 Å². The Labute approximate surface area is 98.2 Å². The fourth-order valence-corrected chi connectivity index (χ4v) is 2.93. The molecule has 1 aromatic rings. The molecule has 84 valence electrons. The van der Waals surface area contributed by atoms with Gasteiger partial charge in [-0.2, -0.15) is 0 Å². The molecule has 0 fully saturated rings. The van der Waals surface area contributed by atoms with E-state index in [9.17, 15) is 9.59 Å². The first-order valence-electron chi connectivity index (χ1n) is 4.94. The van der Waals surface area contributed by atoms with Crippen molar-refractivity contribution >= 4 is 23.5 Å². The second kappa shape index (κ2) is 3.94. The predicted molar refractivity (Wildman–Crippen MR) is 61.6 cm³/mol. The number of fused-ring (bicyclic) bond motifs is 1. The van der Waals surface area contributed by atoms with Crippen molar-refractivity contribution in [2.75, 3.05) is 12.9 Å². The Morgan fingerprint density at radius 1 is 1.44 bits per heavy atom. The van der Waals surface area contributed by atoms with Gasteiger partial charge in [-0.1, -0.05) is 18.2 Å². The number of carbonyl (C=O) groups excluding carboxylic acids is 2. The van der Waals surface area contributed by atoms with Gasteiger partial charge in [0, 0.05) is 16.2 Å². The number of ketones is 1. The maximum atomic E-state index is 12.2. The maximum absolute atomic E-state index is 12.2. The third-order valence-electron chi connectivity index (χ3n) is 2.79. The third-order valence-corrected chi connectivity index (χ3v) is 4.17. The minimum atomic E-state index is -1.05. The molecule has 0 saturated heterocycles. The molecular weight excluding hydrogens is 224 g/mol. The zero-order valence-corrected chi connectivity index (χ0v) is 9.97. The lowest BCUT2D eigenvalue weighted by molar-refractivity contribution is -0.147. The van der Waals surface area contributed by atoms with Crippen molar-refractivity contribution in [3.8, 4) is 0 Å². The van der Waals surface area contributed by atoms with Gasteiger partial charge in [-0.05, 0) is 13.0 Å². The quantitative estimate of drug-likeness (QED) is 0.553. The van der Waals surface area contributed by atoms with Gasteiger partial charge in [-0.3, -0.25) is 9.59 Å². The molecule has 1 aromatic carbocycles. The molecule has 0 radical (unpaired) electrons. The summed E-state index contributed by atoms with van der Waals surface area (Å²) < 4.78 is 4.71. The van der Waals surface area contributed by atoms with Gasteiger partial charge in [0.25, 0.3) is 0 Å². The average molecular weight is 236 g/mol. The monoisotopic (exact) mass is 236 g/mol. The molecule has 2 rings (SSSR count). The van der Waals surface area contributed by atoms with Crippen molar-refractivity contribution in [1.82, 2.24) is 0 Å². The number of ether oxygens (including phenoxy) is 1. The second-order valence-electron chi connectivity index (χ2n) is 3.94. The molecule has 1 aliphatic heterocycles. The molecule has 0 saturated carbocycles. The minimum absolute atomic E-state index is 0.145. The Kier molecular flexibility index (Phi) is 2.76. The van der Waals surface area contributed by atoms with Crippen LogP contribution in [0.15, 0.2) is 29.2 Å². The van der Waals surface area contributed by atoms with Crippen LogP contribution >= 0.6 is 11.8 Å². The largest absolute Gasteiger partial charge is 0.468 e. The number of hydrogen-bond donors (Lipinski definition) is 0. The van der Waals surface area contributed by atoms with Crippen molar-refractivity contribution < 1.29 is 14.3 Å². The Bertz CT molecular complexity index is 455. The van der Waals surface area contributed by atoms with Gasteiger partial charge < -0.3 is 4.74 Å². The van der Waals surface area contributed by atoms with E-state index in [-0.39, 0.29) is 5.78 Å². The van der Waals surface area contributed by atoms with Crippen LogP contribution in [0.2, 0.25) is 0 Å². The van der Waals surface area contributed by atoms with Crippen LogP contribution in [0.1, 0.15) is 17.3 Å². The highest BCUT2D eigenvalue weighted by Crippen LogP contribution is 2.40. The van der Waals surface area contributed by atoms with E-state index in [1.807, 2.05) is 12.1 Å². The standard InChI is InChI=1S/C12H12O3S/c1-12(11(14)15-2)7-16-9-6-4-3-5-8(9)10(12)13/h3-6H,7H2,1-2H3. The zero-order valence-electron chi connectivity index (χ0n) is 9.15. The van der Waals surface area contributed by atoms with Gasteiger partial charge in [0.1, 0.15) is 5.41 Å². The number of rotatable bonds is 1. The van der Waals surface area contributed by atoms with E-state index < -0.39 is 11.4 Å². The summed E-state index contributed by atoms with van der Waals surface area (Å²) in [6.07, 6.45) is 0. The molecule has 1 unspecified atom stereocenters.